The molecule has 2 aromatic rings. The van der Waals surface area contributed by atoms with Crippen LogP contribution in [0.25, 0.3) is 0 Å². The van der Waals surface area contributed by atoms with Crippen molar-refractivity contribution in [3.8, 4) is 0 Å². The van der Waals surface area contributed by atoms with Crippen LogP contribution in [0.1, 0.15) is 24.8 Å². The molecule has 0 aliphatic carbocycles. The van der Waals surface area contributed by atoms with Crippen molar-refractivity contribution in [3.63, 3.8) is 0 Å². The van der Waals surface area contributed by atoms with Gasteiger partial charge in [0.25, 0.3) is 10.0 Å². The minimum atomic E-state index is -3.56. The Bertz CT molecular complexity index is 766. The second kappa shape index (κ2) is 7.87. The monoisotopic (exact) mass is 384 g/mol. The first kappa shape index (κ1) is 17.7. The standard InChI is InChI=1S/C17H21ClN2O2S2/c18-16-9-10-17(23-16)24(21,22)19-15-7-5-14(6-8-15)4-3-13-20-11-1-2-12-20/h5-10,19H,1-4,11-13H2. The summed E-state index contributed by atoms with van der Waals surface area (Å²) in [4.78, 5) is 2.51. The third-order valence-electron chi connectivity index (χ3n) is 4.16. The molecular weight excluding hydrogens is 364 g/mol. The molecule has 4 nitrogen and oxygen atoms in total. The molecule has 24 heavy (non-hydrogen) atoms. The van der Waals surface area contributed by atoms with Crippen LogP contribution in [0.4, 0.5) is 5.69 Å². The van der Waals surface area contributed by atoms with E-state index in [2.05, 4.69) is 9.62 Å². The first-order chi connectivity index (χ1) is 11.5. The fourth-order valence-corrected chi connectivity index (χ4v) is 5.44. The molecule has 2 heterocycles. The minimum absolute atomic E-state index is 0.224. The highest BCUT2D eigenvalue weighted by Gasteiger charge is 2.16. The summed E-state index contributed by atoms with van der Waals surface area (Å²) in [6.45, 7) is 3.61. The van der Waals surface area contributed by atoms with Crippen LogP contribution in [-0.2, 0) is 16.4 Å². The Balaban J connectivity index is 1.54. The molecule has 130 valence electrons. The van der Waals surface area contributed by atoms with Gasteiger partial charge in [-0.15, -0.1) is 11.3 Å². The molecule has 1 aliphatic rings. The van der Waals surface area contributed by atoms with E-state index in [1.807, 2.05) is 24.3 Å². The molecule has 1 saturated heterocycles. The van der Waals surface area contributed by atoms with Gasteiger partial charge in [0.2, 0.25) is 0 Å². The van der Waals surface area contributed by atoms with Crippen LogP contribution in [0.15, 0.2) is 40.6 Å². The molecular formula is C17H21ClN2O2S2. The summed E-state index contributed by atoms with van der Waals surface area (Å²) in [5.74, 6) is 0. The lowest BCUT2D eigenvalue weighted by atomic mass is 10.1. The molecule has 0 bridgehead atoms. The van der Waals surface area contributed by atoms with Gasteiger partial charge in [0.1, 0.15) is 4.21 Å². The maximum absolute atomic E-state index is 12.3. The molecule has 1 fully saturated rings. The normalized spacial score (nSPS) is 15.7. The summed E-state index contributed by atoms with van der Waals surface area (Å²) in [5.41, 5.74) is 1.80. The number of hydrogen-bond donors (Lipinski definition) is 1. The molecule has 1 aliphatic heterocycles. The first-order valence-corrected chi connectivity index (χ1v) is 10.8. The molecule has 0 radical (unpaired) electrons. The van der Waals surface area contributed by atoms with E-state index in [-0.39, 0.29) is 4.21 Å². The maximum atomic E-state index is 12.3. The third kappa shape index (κ3) is 4.72. The van der Waals surface area contributed by atoms with Crippen molar-refractivity contribution >= 4 is 38.6 Å². The fraction of sp³-hybridized carbons (Fsp3) is 0.412. The van der Waals surface area contributed by atoms with Crippen LogP contribution in [0.3, 0.4) is 0 Å². The van der Waals surface area contributed by atoms with E-state index < -0.39 is 10.0 Å². The minimum Gasteiger partial charge on any atom is -0.303 e. The second-order valence-electron chi connectivity index (χ2n) is 6.01. The highest BCUT2D eigenvalue weighted by molar-refractivity contribution is 7.94. The molecule has 0 amide bonds. The number of nitrogens with one attached hydrogen (secondary N) is 1. The predicted octanol–water partition coefficient (Wildman–Crippen LogP) is 4.23. The van der Waals surface area contributed by atoms with Crippen LogP contribution in [0, 0.1) is 0 Å². The van der Waals surface area contributed by atoms with Crippen LogP contribution in [-0.4, -0.2) is 33.0 Å². The molecule has 3 rings (SSSR count). The van der Waals surface area contributed by atoms with E-state index in [0.717, 1.165) is 30.7 Å². The summed E-state index contributed by atoms with van der Waals surface area (Å²) < 4.78 is 27.8. The molecule has 0 saturated carbocycles. The quantitative estimate of drug-likeness (QED) is 0.777. The maximum Gasteiger partial charge on any atom is 0.271 e. The number of halogens is 1. The lowest BCUT2D eigenvalue weighted by molar-refractivity contribution is 0.334. The van der Waals surface area contributed by atoms with Crippen molar-refractivity contribution in [1.82, 2.24) is 4.90 Å². The van der Waals surface area contributed by atoms with E-state index in [1.54, 1.807) is 6.07 Å². The van der Waals surface area contributed by atoms with Gasteiger partial charge in [-0.1, -0.05) is 23.7 Å². The number of benzene rings is 1. The summed E-state index contributed by atoms with van der Waals surface area (Å²) in [6.07, 6.45) is 4.80. The van der Waals surface area contributed by atoms with Gasteiger partial charge in [-0.2, -0.15) is 0 Å². The Morgan fingerprint density at radius 2 is 1.79 bits per heavy atom. The van der Waals surface area contributed by atoms with E-state index in [9.17, 15) is 8.42 Å². The average Bonchev–Trinajstić information content (AvgIpc) is 3.21. The Hall–Kier alpha value is -1.08. The zero-order valence-corrected chi connectivity index (χ0v) is 15.8. The molecule has 0 unspecified atom stereocenters. The van der Waals surface area contributed by atoms with Gasteiger partial charge < -0.3 is 4.90 Å². The van der Waals surface area contributed by atoms with Gasteiger partial charge in [0, 0.05) is 5.69 Å². The zero-order valence-electron chi connectivity index (χ0n) is 13.4. The number of anilines is 1. The number of thiophene rings is 1. The highest BCUT2D eigenvalue weighted by atomic mass is 35.5. The van der Waals surface area contributed by atoms with Crippen LogP contribution in [0.5, 0.6) is 0 Å². The lowest BCUT2D eigenvalue weighted by Gasteiger charge is -2.14. The largest absolute Gasteiger partial charge is 0.303 e. The van der Waals surface area contributed by atoms with Crippen LogP contribution in [0.2, 0.25) is 4.34 Å². The van der Waals surface area contributed by atoms with Gasteiger partial charge in [-0.25, -0.2) is 8.42 Å². The molecule has 1 N–H and O–H groups in total. The van der Waals surface area contributed by atoms with Crippen molar-refractivity contribution in [2.75, 3.05) is 24.4 Å². The van der Waals surface area contributed by atoms with Crippen molar-refractivity contribution < 1.29 is 8.42 Å². The van der Waals surface area contributed by atoms with E-state index in [0.29, 0.717) is 10.0 Å². The average molecular weight is 385 g/mol. The molecule has 1 aromatic heterocycles. The summed E-state index contributed by atoms with van der Waals surface area (Å²) in [6, 6.07) is 10.7. The number of likely N-dealkylation sites (tertiary alicyclic amines) is 1. The van der Waals surface area contributed by atoms with E-state index >= 15 is 0 Å². The summed E-state index contributed by atoms with van der Waals surface area (Å²) >= 11 is 6.86. The smallest absolute Gasteiger partial charge is 0.271 e. The molecule has 1 aromatic carbocycles. The van der Waals surface area contributed by atoms with Crippen molar-refractivity contribution in [2.45, 2.75) is 29.9 Å². The number of aryl methyl sites for hydroxylation is 1. The van der Waals surface area contributed by atoms with Gasteiger partial charge in [0.15, 0.2) is 0 Å². The predicted molar refractivity (Wildman–Crippen MR) is 101 cm³/mol. The highest BCUT2D eigenvalue weighted by Crippen LogP contribution is 2.27. The van der Waals surface area contributed by atoms with Gasteiger partial charge in [-0.3, -0.25) is 4.72 Å². The van der Waals surface area contributed by atoms with Crippen molar-refractivity contribution in [3.05, 3.63) is 46.3 Å². The number of nitrogens with zero attached hydrogens (tertiary/aromatic N) is 1. The van der Waals surface area contributed by atoms with Crippen molar-refractivity contribution in [2.24, 2.45) is 0 Å². The Morgan fingerprint density at radius 1 is 1.08 bits per heavy atom. The number of hydrogen-bond acceptors (Lipinski definition) is 4. The number of sulfonamides is 1. The molecule has 0 spiro atoms. The SMILES string of the molecule is O=S(=O)(Nc1ccc(CCCN2CCCC2)cc1)c1ccc(Cl)s1. The Morgan fingerprint density at radius 3 is 2.42 bits per heavy atom. The zero-order chi connectivity index (χ0) is 17.0. The second-order valence-corrected chi connectivity index (χ2v) is 9.64. The first-order valence-electron chi connectivity index (χ1n) is 8.12. The van der Waals surface area contributed by atoms with Gasteiger partial charge in [-0.05, 0) is 75.1 Å². The topological polar surface area (TPSA) is 49.4 Å². The number of rotatable bonds is 7. The van der Waals surface area contributed by atoms with Crippen LogP contribution >= 0.6 is 22.9 Å². The Labute approximate surface area is 152 Å². The fourth-order valence-electron chi connectivity index (χ4n) is 2.90. The van der Waals surface area contributed by atoms with E-state index in [4.69, 9.17) is 11.6 Å². The van der Waals surface area contributed by atoms with Gasteiger partial charge in [0.05, 0.1) is 4.34 Å². The lowest BCUT2D eigenvalue weighted by Crippen LogP contribution is -2.20. The summed E-state index contributed by atoms with van der Waals surface area (Å²) in [7, 11) is -3.56. The Kier molecular flexibility index (Phi) is 5.81. The van der Waals surface area contributed by atoms with Crippen molar-refractivity contribution in [1.29, 1.82) is 0 Å². The molecule has 0 atom stereocenters. The van der Waals surface area contributed by atoms with Gasteiger partial charge >= 0.3 is 0 Å². The summed E-state index contributed by atoms with van der Waals surface area (Å²) in [5, 5.41) is 0. The van der Waals surface area contributed by atoms with E-state index in [1.165, 1.54) is 37.6 Å². The van der Waals surface area contributed by atoms with Crippen LogP contribution < -0.4 is 4.72 Å². The third-order valence-corrected chi connectivity index (χ3v) is 7.26. The molecule has 7 heteroatoms.